The number of benzene rings is 1. The van der Waals surface area contributed by atoms with Crippen molar-refractivity contribution in [2.75, 3.05) is 57.3 Å². The van der Waals surface area contributed by atoms with E-state index in [1.165, 1.54) is 0 Å². The van der Waals surface area contributed by atoms with E-state index < -0.39 is 0 Å². The van der Waals surface area contributed by atoms with E-state index in [1.807, 2.05) is 30.5 Å². The van der Waals surface area contributed by atoms with Crippen molar-refractivity contribution >= 4 is 34.7 Å². The minimum Gasteiger partial charge on any atom is -0.493 e. The second-order valence-electron chi connectivity index (χ2n) is 7.24. The fourth-order valence-electron chi connectivity index (χ4n) is 3.86. The largest absolute Gasteiger partial charge is 0.493 e. The zero-order chi connectivity index (χ0) is 22.7. The molecule has 3 heterocycles. The molecule has 4 rings (SSSR count). The van der Waals surface area contributed by atoms with Crippen molar-refractivity contribution in [2.24, 2.45) is 0 Å². The van der Waals surface area contributed by atoms with Gasteiger partial charge in [-0.3, -0.25) is 4.98 Å². The summed E-state index contributed by atoms with van der Waals surface area (Å²) >= 11 is 12.6. The van der Waals surface area contributed by atoms with Crippen molar-refractivity contribution < 1.29 is 14.2 Å². The van der Waals surface area contributed by atoms with E-state index in [9.17, 15) is 0 Å². The van der Waals surface area contributed by atoms with Crippen LogP contribution in [0, 0.1) is 0 Å². The maximum Gasteiger partial charge on any atom is 0.203 e. The van der Waals surface area contributed by atoms with E-state index in [4.69, 9.17) is 42.4 Å². The molecule has 0 atom stereocenters. The smallest absolute Gasteiger partial charge is 0.203 e. The first kappa shape index (κ1) is 22.3. The van der Waals surface area contributed by atoms with Crippen LogP contribution >= 0.6 is 23.2 Å². The molecular weight excluding hydrogens is 451 g/mol. The molecule has 1 aliphatic heterocycles. The molecule has 0 amide bonds. The van der Waals surface area contributed by atoms with E-state index in [2.05, 4.69) is 14.8 Å². The van der Waals surface area contributed by atoms with Crippen molar-refractivity contribution in [1.82, 2.24) is 9.97 Å². The van der Waals surface area contributed by atoms with E-state index in [0.29, 0.717) is 27.3 Å². The summed E-state index contributed by atoms with van der Waals surface area (Å²) in [5.41, 5.74) is 2.74. The summed E-state index contributed by atoms with van der Waals surface area (Å²) in [5.74, 6) is 2.70. The van der Waals surface area contributed by atoms with E-state index in [0.717, 1.165) is 48.8 Å². The Morgan fingerprint density at radius 1 is 0.750 bits per heavy atom. The molecule has 9 heteroatoms. The Kier molecular flexibility index (Phi) is 6.77. The molecule has 1 fully saturated rings. The monoisotopic (exact) mass is 474 g/mol. The van der Waals surface area contributed by atoms with Crippen LogP contribution in [0.1, 0.15) is 0 Å². The third kappa shape index (κ3) is 4.36. The summed E-state index contributed by atoms with van der Waals surface area (Å²) in [6.07, 6.45) is 5.11. The average molecular weight is 475 g/mol. The summed E-state index contributed by atoms with van der Waals surface area (Å²) in [6.45, 7) is 3.20. The molecule has 32 heavy (non-hydrogen) atoms. The number of piperazine rings is 1. The molecule has 0 saturated carbocycles. The Morgan fingerprint density at radius 3 is 1.84 bits per heavy atom. The van der Waals surface area contributed by atoms with Crippen molar-refractivity contribution in [3.05, 3.63) is 52.9 Å². The number of methoxy groups -OCH3 is 3. The SMILES string of the molecule is COc1cc(-c2ccc(N3CCN(c4c(Cl)cncc4Cl)CC3)nc2)cc(OC)c1OC. The van der Waals surface area contributed by atoms with Gasteiger partial charge in [-0.15, -0.1) is 0 Å². The average Bonchev–Trinajstić information content (AvgIpc) is 2.83. The topological polar surface area (TPSA) is 60.0 Å². The molecule has 2 aromatic heterocycles. The van der Waals surface area contributed by atoms with Gasteiger partial charge >= 0.3 is 0 Å². The Labute approximate surface area is 197 Å². The van der Waals surface area contributed by atoms with Gasteiger partial charge in [0.2, 0.25) is 5.75 Å². The maximum absolute atomic E-state index is 6.31. The van der Waals surface area contributed by atoms with Crippen LogP contribution in [0.25, 0.3) is 11.1 Å². The quantitative estimate of drug-likeness (QED) is 0.508. The van der Waals surface area contributed by atoms with Crippen molar-refractivity contribution in [3.8, 4) is 28.4 Å². The highest BCUT2D eigenvalue weighted by molar-refractivity contribution is 6.38. The van der Waals surface area contributed by atoms with Gasteiger partial charge in [0.25, 0.3) is 0 Å². The number of rotatable bonds is 6. The predicted molar refractivity (Wildman–Crippen MR) is 128 cm³/mol. The zero-order valence-electron chi connectivity index (χ0n) is 18.1. The number of halogens is 2. The lowest BCUT2D eigenvalue weighted by atomic mass is 10.1. The maximum atomic E-state index is 6.31. The molecule has 168 valence electrons. The number of anilines is 2. The number of ether oxygens (including phenoxy) is 3. The van der Waals surface area contributed by atoms with Gasteiger partial charge in [-0.1, -0.05) is 23.2 Å². The number of aromatic nitrogens is 2. The molecule has 0 aliphatic carbocycles. The van der Waals surface area contributed by atoms with Gasteiger partial charge in [0, 0.05) is 50.3 Å². The highest BCUT2D eigenvalue weighted by atomic mass is 35.5. The molecule has 0 N–H and O–H groups in total. The normalized spacial score (nSPS) is 13.8. The van der Waals surface area contributed by atoms with Gasteiger partial charge in [-0.25, -0.2) is 4.98 Å². The highest BCUT2D eigenvalue weighted by Gasteiger charge is 2.22. The lowest BCUT2D eigenvalue weighted by molar-refractivity contribution is 0.324. The van der Waals surface area contributed by atoms with Crippen LogP contribution in [0.15, 0.2) is 42.9 Å². The summed E-state index contributed by atoms with van der Waals surface area (Å²) in [5, 5.41) is 1.14. The molecule has 1 aliphatic rings. The van der Waals surface area contributed by atoms with Crippen molar-refractivity contribution in [1.29, 1.82) is 0 Å². The summed E-state index contributed by atoms with van der Waals surface area (Å²) in [6, 6.07) is 7.91. The number of pyridine rings is 2. The fraction of sp³-hybridized carbons (Fsp3) is 0.304. The molecule has 0 bridgehead atoms. The highest BCUT2D eigenvalue weighted by Crippen LogP contribution is 2.41. The molecule has 3 aromatic rings. The first-order valence-corrected chi connectivity index (χ1v) is 10.9. The van der Waals surface area contributed by atoms with Crippen LogP contribution in [0.4, 0.5) is 11.5 Å². The number of hydrogen-bond donors (Lipinski definition) is 0. The van der Waals surface area contributed by atoms with E-state index >= 15 is 0 Å². The van der Waals surface area contributed by atoms with Gasteiger partial charge in [0.1, 0.15) is 5.82 Å². The van der Waals surface area contributed by atoms with Gasteiger partial charge < -0.3 is 24.0 Å². The van der Waals surface area contributed by atoms with Crippen molar-refractivity contribution in [3.63, 3.8) is 0 Å². The first-order valence-electron chi connectivity index (χ1n) is 10.1. The first-order chi connectivity index (χ1) is 15.5. The lowest BCUT2D eigenvalue weighted by Gasteiger charge is -2.37. The summed E-state index contributed by atoms with van der Waals surface area (Å²) < 4.78 is 16.3. The standard InChI is InChI=1S/C23H24Cl2N4O3/c1-30-19-10-16(11-20(31-2)23(19)32-3)15-4-5-21(27-12-15)28-6-8-29(9-7-28)22-17(24)13-26-14-18(22)25/h4-5,10-14H,6-9H2,1-3H3. The van der Waals surface area contributed by atoms with Crippen LogP contribution in [0.2, 0.25) is 10.0 Å². The number of nitrogens with zero attached hydrogens (tertiary/aromatic N) is 4. The predicted octanol–water partition coefficient (Wildman–Crippen LogP) is 4.80. The lowest BCUT2D eigenvalue weighted by Crippen LogP contribution is -2.47. The Balaban J connectivity index is 1.49. The van der Waals surface area contributed by atoms with Crippen LogP contribution < -0.4 is 24.0 Å². The number of hydrogen-bond acceptors (Lipinski definition) is 7. The van der Waals surface area contributed by atoms with E-state index in [1.54, 1.807) is 33.7 Å². The fourth-order valence-corrected chi connectivity index (χ4v) is 4.46. The minimum absolute atomic E-state index is 0.565. The molecule has 1 aromatic carbocycles. The third-order valence-electron chi connectivity index (χ3n) is 5.49. The molecule has 0 radical (unpaired) electrons. The van der Waals surface area contributed by atoms with Crippen LogP contribution in [0.5, 0.6) is 17.2 Å². The third-order valence-corrected chi connectivity index (χ3v) is 6.05. The molecule has 0 unspecified atom stereocenters. The Bertz CT molecular complexity index is 1040. The van der Waals surface area contributed by atoms with Crippen molar-refractivity contribution in [2.45, 2.75) is 0 Å². The summed E-state index contributed by atoms with van der Waals surface area (Å²) in [4.78, 5) is 13.2. The second kappa shape index (κ2) is 9.71. The minimum atomic E-state index is 0.565. The second-order valence-corrected chi connectivity index (χ2v) is 8.06. The Morgan fingerprint density at radius 2 is 1.34 bits per heavy atom. The van der Waals surface area contributed by atoms with Crippen LogP contribution in [-0.4, -0.2) is 57.5 Å². The van der Waals surface area contributed by atoms with Gasteiger partial charge in [-0.05, 0) is 29.8 Å². The van der Waals surface area contributed by atoms with Crippen LogP contribution in [-0.2, 0) is 0 Å². The van der Waals surface area contributed by atoms with E-state index in [-0.39, 0.29) is 0 Å². The van der Waals surface area contributed by atoms with Gasteiger partial charge in [0.15, 0.2) is 11.5 Å². The van der Waals surface area contributed by atoms with Gasteiger partial charge in [0.05, 0.1) is 37.1 Å². The molecule has 7 nitrogen and oxygen atoms in total. The molecule has 0 spiro atoms. The van der Waals surface area contributed by atoms with Gasteiger partial charge in [-0.2, -0.15) is 0 Å². The Hall–Kier alpha value is -2.90. The van der Waals surface area contributed by atoms with Crippen LogP contribution in [0.3, 0.4) is 0 Å². The summed E-state index contributed by atoms with van der Waals surface area (Å²) in [7, 11) is 4.80. The molecular formula is C23H24Cl2N4O3. The zero-order valence-corrected chi connectivity index (χ0v) is 19.7. The molecule has 1 saturated heterocycles.